The Hall–Kier alpha value is -1.42. The van der Waals surface area contributed by atoms with Gasteiger partial charge in [0, 0.05) is 6.04 Å². The van der Waals surface area contributed by atoms with Crippen LogP contribution in [0, 0.1) is 0 Å². The van der Waals surface area contributed by atoms with E-state index in [0.717, 1.165) is 24.0 Å². The summed E-state index contributed by atoms with van der Waals surface area (Å²) in [5, 5.41) is 3.16. The van der Waals surface area contributed by atoms with Gasteiger partial charge in [0.2, 0.25) is 0 Å². The van der Waals surface area contributed by atoms with Crippen LogP contribution in [0.25, 0.3) is 0 Å². The first kappa shape index (κ1) is 14.6. The molecule has 0 aliphatic heterocycles. The van der Waals surface area contributed by atoms with Crippen LogP contribution in [0.1, 0.15) is 31.4 Å². The molecule has 0 radical (unpaired) electrons. The Bertz CT molecular complexity index is 393. The van der Waals surface area contributed by atoms with E-state index in [1.807, 2.05) is 20.0 Å². The number of rotatable bonds is 7. The predicted molar refractivity (Wildman–Crippen MR) is 68.9 cm³/mol. The Morgan fingerprint density at radius 3 is 2.72 bits per heavy atom. The first-order chi connectivity index (χ1) is 8.56. The smallest absolute Gasteiger partial charge is 0.387 e. The van der Waals surface area contributed by atoms with E-state index in [0.29, 0.717) is 0 Å². The van der Waals surface area contributed by atoms with Crippen molar-refractivity contribution in [3.63, 3.8) is 0 Å². The molecule has 0 saturated heterocycles. The molecule has 18 heavy (non-hydrogen) atoms. The average Bonchev–Trinajstić information content (AvgIpc) is 2.35. The van der Waals surface area contributed by atoms with Crippen LogP contribution in [-0.4, -0.2) is 13.7 Å². The van der Waals surface area contributed by atoms with Crippen molar-refractivity contribution in [2.75, 3.05) is 7.05 Å². The highest BCUT2D eigenvalue weighted by Crippen LogP contribution is 2.25. The number of alkyl halides is 2. The maximum atomic E-state index is 12.1. The van der Waals surface area contributed by atoms with Gasteiger partial charge in [-0.15, -0.1) is 0 Å². The SMILES string of the molecule is C=C(CC)CC(NC)c1cccc(OC(F)F)c1. The fourth-order valence-corrected chi connectivity index (χ4v) is 1.73. The highest BCUT2D eigenvalue weighted by molar-refractivity contribution is 5.31. The minimum atomic E-state index is -2.79. The lowest BCUT2D eigenvalue weighted by atomic mass is 9.98. The summed E-state index contributed by atoms with van der Waals surface area (Å²) in [4.78, 5) is 0. The van der Waals surface area contributed by atoms with Crippen molar-refractivity contribution in [2.45, 2.75) is 32.4 Å². The zero-order chi connectivity index (χ0) is 13.5. The molecule has 0 saturated carbocycles. The summed E-state index contributed by atoms with van der Waals surface area (Å²) in [5.74, 6) is 0.185. The van der Waals surface area contributed by atoms with Gasteiger partial charge in [-0.3, -0.25) is 0 Å². The van der Waals surface area contributed by atoms with Gasteiger partial charge in [0.1, 0.15) is 5.75 Å². The van der Waals surface area contributed by atoms with E-state index in [-0.39, 0.29) is 11.8 Å². The van der Waals surface area contributed by atoms with Gasteiger partial charge in [0.15, 0.2) is 0 Å². The van der Waals surface area contributed by atoms with Crippen LogP contribution in [-0.2, 0) is 0 Å². The molecule has 0 spiro atoms. The van der Waals surface area contributed by atoms with Gasteiger partial charge in [-0.25, -0.2) is 0 Å². The van der Waals surface area contributed by atoms with E-state index in [1.165, 1.54) is 6.07 Å². The fraction of sp³-hybridized carbons (Fsp3) is 0.429. The third-order valence-corrected chi connectivity index (χ3v) is 2.83. The summed E-state index contributed by atoms with van der Waals surface area (Å²) in [5.41, 5.74) is 2.04. The predicted octanol–water partition coefficient (Wildman–Crippen LogP) is 3.90. The van der Waals surface area contributed by atoms with Gasteiger partial charge in [0.25, 0.3) is 0 Å². The fourth-order valence-electron chi connectivity index (χ4n) is 1.73. The van der Waals surface area contributed by atoms with E-state index >= 15 is 0 Å². The summed E-state index contributed by atoms with van der Waals surface area (Å²) in [7, 11) is 1.84. The lowest BCUT2D eigenvalue weighted by molar-refractivity contribution is -0.0499. The number of hydrogen-bond donors (Lipinski definition) is 1. The topological polar surface area (TPSA) is 21.3 Å². The first-order valence-electron chi connectivity index (χ1n) is 5.95. The lowest BCUT2D eigenvalue weighted by Gasteiger charge is -2.18. The van der Waals surface area contributed by atoms with E-state index in [2.05, 4.69) is 16.6 Å². The third-order valence-electron chi connectivity index (χ3n) is 2.83. The molecule has 1 rings (SSSR count). The molecular weight excluding hydrogens is 236 g/mol. The highest BCUT2D eigenvalue weighted by atomic mass is 19.3. The Morgan fingerprint density at radius 1 is 1.44 bits per heavy atom. The molecule has 0 fully saturated rings. The molecule has 0 heterocycles. The van der Waals surface area contributed by atoms with Crippen molar-refractivity contribution in [1.29, 1.82) is 0 Å². The summed E-state index contributed by atoms with van der Waals surface area (Å²) < 4.78 is 28.7. The molecule has 1 aromatic carbocycles. The number of benzene rings is 1. The van der Waals surface area contributed by atoms with Crippen LogP contribution in [0.4, 0.5) is 8.78 Å². The van der Waals surface area contributed by atoms with Crippen LogP contribution in [0.15, 0.2) is 36.4 Å². The van der Waals surface area contributed by atoms with Crippen LogP contribution in [0.3, 0.4) is 0 Å². The molecule has 0 bridgehead atoms. The minimum Gasteiger partial charge on any atom is -0.435 e. The van der Waals surface area contributed by atoms with E-state index in [1.54, 1.807) is 12.1 Å². The zero-order valence-corrected chi connectivity index (χ0v) is 10.7. The average molecular weight is 255 g/mol. The van der Waals surface area contributed by atoms with E-state index < -0.39 is 6.61 Å². The Morgan fingerprint density at radius 2 is 2.17 bits per heavy atom. The number of halogens is 2. The summed E-state index contributed by atoms with van der Waals surface area (Å²) in [6.07, 6.45) is 1.69. The van der Waals surface area contributed by atoms with Crippen LogP contribution < -0.4 is 10.1 Å². The van der Waals surface area contributed by atoms with E-state index in [4.69, 9.17) is 0 Å². The summed E-state index contributed by atoms with van der Waals surface area (Å²) in [6, 6.07) is 6.83. The van der Waals surface area contributed by atoms with Gasteiger partial charge in [-0.2, -0.15) is 8.78 Å². The number of ether oxygens (including phenoxy) is 1. The highest BCUT2D eigenvalue weighted by Gasteiger charge is 2.12. The summed E-state index contributed by atoms with van der Waals surface area (Å²) >= 11 is 0. The molecule has 100 valence electrons. The Labute approximate surface area is 107 Å². The standard InChI is InChI=1S/C14H19F2NO/c1-4-10(2)8-13(17-3)11-6-5-7-12(9-11)18-14(15)16/h5-7,9,13-14,17H,2,4,8H2,1,3H3. The molecule has 0 aliphatic rings. The second kappa shape index (κ2) is 7.11. The van der Waals surface area contributed by atoms with Gasteiger partial charge >= 0.3 is 6.61 Å². The Kier molecular flexibility index (Phi) is 5.78. The molecule has 1 N–H and O–H groups in total. The molecular formula is C14H19F2NO. The molecule has 1 atom stereocenters. The maximum absolute atomic E-state index is 12.1. The molecule has 1 unspecified atom stereocenters. The quantitative estimate of drug-likeness (QED) is 0.746. The van der Waals surface area contributed by atoms with Crippen molar-refractivity contribution in [3.8, 4) is 5.75 Å². The summed E-state index contributed by atoms with van der Waals surface area (Å²) in [6.45, 7) is 3.22. The molecule has 0 aromatic heterocycles. The van der Waals surface area contributed by atoms with Crippen molar-refractivity contribution in [3.05, 3.63) is 42.0 Å². The van der Waals surface area contributed by atoms with Crippen LogP contribution >= 0.6 is 0 Å². The van der Waals surface area contributed by atoms with Gasteiger partial charge < -0.3 is 10.1 Å². The van der Waals surface area contributed by atoms with Gasteiger partial charge in [-0.05, 0) is 37.6 Å². The zero-order valence-electron chi connectivity index (χ0n) is 10.7. The van der Waals surface area contributed by atoms with E-state index in [9.17, 15) is 8.78 Å². The molecule has 4 heteroatoms. The molecule has 0 amide bonds. The third kappa shape index (κ3) is 4.45. The second-order valence-electron chi connectivity index (χ2n) is 4.10. The van der Waals surface area contributed by atoms with Crippen molar-refractivity contribution in [2.24, 2.45) is 0 Å². The normalized spacial score (nSPS) is 12.5. The minimum absolute atomic E-state index is 0.0682. The van der Waals surface area contributed by atoms with Gasteiger partial charge in [0.05, 0.1) is 0 Å². The van der Waals surface area contributed by atoms with Crippen molar-refractivity contribution >= 4 is 0 Å². The molecule has 2 nitrogen and oxygen atoms in total. The van der Waals surface area contributed by atoms with Crippen LogP contribution in [0.2, 0.25) is 0 Å². The number of nitrogens with one attached hydrogen (secondary N) is 1. The largest absolute Gasteiger partial charge is 0.435 e. The van der Waals surface area contributed by atoms with Crippen LogP contribution in [0.5, 0.6) is 5.75 Å². The van der Waals surface area contributed by atoms with Gasteiger partial charge in [-0.1, -0.05) is 31.2 Å². The maximum Gasteiger partial charge on any atom is 0.387 e. The molecule has 0 aliphatic carbocycles. The van der Waals surface area contributed by atoms with Crippen molar-refractivity contribution < 1.29 is 13.5 Å². The second-order valence-corrected chi connectivity index (χ2v) is 4.10. The van der Waals surface area contributed by atoms with Crippen molar-refractivity contribution in [1.82, 2.24) is 5.32 Å². The monoisotopic (exact) mass is 255 g/mol. The molecule has 1 aromatic rings. The first-order valence-corrected chi connectivity index (χ1v) is 5.95. The Balaban J connectivity index is 2.82. The lowest BCUT2D eigenvalue weighted by Crippen LogP contribution is -2.17. The number of hydrogen-bond acceptors (Lipinski definition) is 2.